The van der Waals surface area contributed by atoms with E-state index < -0.39 is 16.3 Å². The number of fused-ring (bicyclic) bond motifs is 1. The minimum absolute atomic E-state index is 0.111. The molecule has 7 nitrogen and oxygen atoms in total. The number of ketones is 1. The number of β-lactam (4-membered cyclic amide) rings is 1. The lowest BCUT2D eigenvalue weighted by Crippen LogP contribution is -2.74. The minimum atomic E-state index is -1.10. The Balaban J connectivity index is 1.32. The Bertz CT molecular complexity index is 1020. The van der Waals surface area contributed by atoms with E-state index in [0.29, 0.717) is 16.9 Å². The molecule has 2 aromatic rings. The van der Waals surface area contributed by atoms with Crippen LogP contribution in [0.1, 0.15) is 20.7 Å². The average Bonchev–Trinajstić information content (AvgIpc) is 2.81. The molecular weight excluding hydrogens is 484 g/mol. The van der Waals surface area contributed by atoms with E-state index in [2.05, 4.69) is 21.2 Å². The summed E-state index contributed by atoms with van der Waals surface area (Å²) < 4.78 is 4.13. The summed E-state index contributed by atoms with van der Waals surface area (Å²) in [6.45, 7) is -0.256. The van der Waals surface area contributed by atoms with E-state index in [1.807, 2.05) is 6.07 Å². The van der Waals surface area contributed by atoms with Crippen LogP contribution in [0.15, 0.2) is 60.7 Å². The van der Waals surface area contributed by atoms with E-state index in [4.69, 9.17) is 4.74 Å². The number of halogens is 1. The number of nitrogens with one attached hydrogen (secondary N) is 1. The summed E-state index contributed by atoms with van der Waals surface area (Å²) in [4.78, 5) is 51.3. The molecule has 2 heterocycles. The summed E-state index contributed by atoms with van der Waals surface area (Å²) in [6, 6.07) is 16.6. The monoisotopic (exact) mass is 502 g/mol. The van der Waals surface area contributed by atoms with Gasteiger partial charge in [0.05, 0.1) is 0 Å². The van der Waals surface area contributed by atoms with Crippen molar-refractivity contribution in [3.05, 3.63) is 71.8 Å². The Morgan fingerprint density at radius 3 is 2.32 bits per heavy atom. The molecule has 0 radical (unpaired) electrons. The highest BCUT2D eigenvalue weighted by Gasteiger charge is 2.57. The molecule has 9 heteroatoms. The predicted octanol–water partition coefficient (Wildman–Crippen LogP) is 2.26. The van der Waals surface area contributed by atoms with Crippen LogP contribution in [-0.2, 0) is 14.3 Å². The molecule has 0 bridgehead atoms. The lowest BCUT2D eigenvalue weighted by atomic mass is 10.0. The molecule has 1 N–H and O–H groups in total. The van der Waals surface area contributed by atoms with Crippen LogP contribution in [0.3, 0.4) is 0 Å². The van der Waals surface area contributed by atoms with Crippen LogP contribution in [0.4, 0.5) is 0 Å². The first-order valence-corrected chi connectivity index (χ1v) is 11.5. The molecule has 0 saturated carbocycles. The van der Waals surface area contributed by atoms with Crippen LogP contribution in [0.2, 0.25) is 0 Å². The van der Waals surface area contributed by atoms with Crippen molar-refractivity contribution >= 4 is 51.3 Å². The van der Waals surface area contributed by atoms with Gasteiger partial charge in [0.15, 0.2) is 12.4 Å². The summed E-state index contributed by atoms with van der Waals surface area (Å²) in [5, 5.41) is 2.52. The van der Waals surface area contributed by atoms with Crippen molar-refractivity contribution in [1.29, 1.82) is 0 Å². The normalized spacial score (nSPS) is 24.5. The van der Waals surface area contributed by atoms with Crippen LogP contribution in [0, 0.1) is 0 Å². The maximum absolute atomic E-state index is 12.6. The zero-order chi connectivity index (χ0) is 22.0. The molecule has 2 amide bonds. The minimum Gasteiger partial charge on any atom is -0.456 e. The van der Waals surface area contributed by atoms with Gasteiger partial charge in [0.1, 0.15) is 15.7 Å². The van der Waals surface area contributed by atoms with Gasteiger partial charge in [-0.1, -0.05) is 64.5 Å². The van der Waals surface area contributed by atoms with Gasteiger partial charge in [-0.2, -0.15) is 0 Å². The molecule has 2 unspecified atom stereocenters. The fourth-order valence-corrected chi connectivity index (χ4v) is 5.61. The van der Waals surface area contributed by atoms with Crippen molar-refractivity contribution in [3.63, 3.8) is 0 Å². The Labute approximate surface area is 191 Å². The van der Waals surface area contributed by atoms with Gasteiger partial charge in [0, 0.05) is 23.4 Å². The van der Waals surface area contributed by atoms with Crippen molar-refractivity contribution in [2.45, 2.75) is 15.7 Å². The topological polar surface area (TPSA) is 92.8 Å². The molecule has 0 aromatic heterocycles. The van der Waals surface area contributed by atoms with Crippen LogP contribution < -0.4 is 5.32 Å². The lowest BCUT2D eigenvalue weighted by Gasteiger charge is -2.52. The third kappa shape index (κ3) is 4.38. The third-order valence-corrected chi connectivity index (χ3v) is 7.92. The second-order valence-corrected chi connectivity index (χ2v) is 9.94. The molecule has 3 atom stereocenters. The molecule has 2 aromatic carbocycles. The zero-order valence-electron chi connectivity index (χ0n) is 16.3. The van der Waals surface area contributed by atoms with E-state index in [0.717, 1.165) is 0 Å². The Kier molecular flexibility index (Phi) is 6.15. The fourth-order valence-electron chi connectivity index (χ4n) is 3.45. The molecule has 31 heavy (non-hydrogen) atoms. The lowest BCUT2D eigenvalue weighted by molar-refractivity contribution is -0.151. The first-order valence-electron chi connectivity index (χ1n) is 9.61. The maximum Gasteiger partial charge on any atom is 0.326 e. The third-order valence-electron chi connectivity index (χ3n) is 5.16. The quantitative estimate of drug-likeness (QED) is 0.282. The Hall–Kier alpha value is -2.65. The standard InChI is InChI=1S/C22H19BrN2O5S/c23-22(21(29)30-11-16(26)14-7-3-1-4-8-14)12-25-19(28)17(20(25)31-13-22)24-18(27)15-9-5-2-6-10-15/h1-10,17,20H,11-13H2,(H,24,27)/t17?,20-,22?/m1/s1. The number of ether oxygens (including phenoxy) is 1. The zero-order valence-corrected chi connectivity index (χ0v) is 18.7. The van der Waals surface area contributed by atoms with Gasteiger partial charge in [-0.25, -0.2) is 0 Å². The highest BCUT2D eigenvalue weighted by Crippen LogP contribution is 2.42. The van der Waals surface area contributed by atoms with Crippen LogP contribution >= 0.6 is 27.7 Å². The van der Waals surface area contributed by atoms with E-state index >= 15 is 0 Å². The molecule has 2 saturated heterocycles. The van der Waals surface area contributed by atoms with Crippen molar-refractivity contribution < 1.29 is 23.9 Å². The number of Topliss-reactive ketones (excluding diaryl/α,β-unsaturated/α-hetero) is 1. The highest BCUT2D eigenvalue weighted by atomic mass is 79.9. The average molecular weight is 503 g/mol. The van der Waals surface area contributed by atoms with Gasteiger partial charge < -0.3 is 15.0 Å². The first-order chi connectivity index (χ1) is 14.9. The Morgan fingerprint density at radius 1 is 1.06 bits per heavy atom. The number of benzene rings is 2. The summed E-state index contributed by atoms with van der Waals surface area (Å²) in [5.41, 5.74) is 0.947. The molecular formula is C22H19BrN2O5S. The number of nitrogens with zero attached hydrogens (tertiary/aromatic N) is 1. The van der Waals surface area contributed by atoms with Crippen molar-refractivity contribution in [2.75, 3.05) is 18.9 Å². The summed E-state index contributed by atoms with van der Waals surface area (Å²) in [6.07, 6.45) is 0. The van der Waals surface area contributed by atoms with Gasteiger partial charge in [-0.15, -0.1) is 11.8 Å². The van der Waals surface area contributed by atoms with E-state index in [-0.39, 0.29) is 36.1 Å². The SMILES string of the molecule is O=C(COC(=O)C1(Br)CS[C@@H]2C(NC(=O)c3ccccc3)C(=O)N2C1)c1ccccc1. The number of thioether (sulfide) groups is 1. The number of esters is 1. The number of alkyl halides is 1. The first kappa shape index (κ1) is 21.6. The highest BCUT2D eigenvalue weighted by molar-refractivity contribution is 9.10. The number of carbonyl (C=O) groups is 4. The fraction of sp³-hybridized carbons (Fsp3) is 0.273. The molecule has 0 spiro atoms. The molecule has 0 aliphatic carbocycles. The Morgan fingerprint density at radius 2 is 1.68 bits per heavy atom. The van der Waals surface area contributed by atoms with Crippen molar-refractivity contribution in [3.8, 4) is 0 Å². The van der Waals surface area contributed by atoms with Crippen LogP contribution in [0.5, 0.6) is 0 Å². The number of hydrogen-bond donors (Lipinski definition) is 1. The largest absolute Gasteiger partial charge is 0.456 e. The van der Waals surface area contributed by atoms with Gasteiger partial charge in [0.2, 0.25) is 5.91 Å². The molecule has 2 aliphatic rings. The van der Waals surface area contributed by atoms with E-state index in [1.54, 1.807) is 59.5 Å². The van der Waals surface area contributed by atoms with Crippen LogP contribution in [0.25, 0.3) is 0 Å². The van der Waals surface area contributed by atoms with Gasteiger partial charge in [-0.05, 0) is 12.1 Å². The summed E-state index contributed by atoms with van der Waals surface area (Å²) in [5.74, 6) is -1.10. The van der Waals surface area contributed by atoms with Crippen molar-refractivity contribution in [1.82, 2.24) is 10.2 Å². The molecule has 2 aliphatic heterocycles. The second kappa shape index (κ2) is 8.84. The number of hydrogen-bond acceptors (Lipinski definition) is 6. The van der Waals surface area contributed by atoms with Gasteiger partial charge >= 0.3 is 5.97 Å². The summed E-state index contributed by atoms with van der Waals surface area (Å²) >= 11 is 4.80. The van der Waals surface area contributed by atoms with Gasteiger partial charge in [-0.3, -0.25) is 19.2 Å². The van der Waals surface area contributed by atoms with E-state index in [1.165, 1.54) is 11.8 Å². The van der Waals surface area contributed by atoms with Crippen LogP contribution in [-0.4, -0.2) is 63.1 Å². The predicted molar refractivity (Wildman–Crippen MR) is 119 cm³/mol. The molecule has 160 valence electrons. The number of amides is 2. The molecule has 2 fully saturated rings. The number of rotatable bonds is 6. The summed E-state index contributed by atoms with van der Waals surface area (Å²) in [7, 11) is 0. The number of carbonyl (C=O) groups excluding carboxylic acids is 4. The smallest absolute Gasteiger partial charge is 0.326 e. The van der Waals surface area contributed by atoms with Gasteiger partial charge in [0.25, 0.3) is 5.91 Å². The van der Waals surface area contributed by atoms with E-state index in [9.17, 15) is 19.2 Å². The molecule has 4 rings (SSSR count). The second-order valence-electron chi connectivity index (χ2n) is 7.32. The maximum atomic E-state index is 12.6. The van der Waals surface area contributed by atoms with Crippen molar-refractivity contribution in [2.24, 2.45) is 0 Å².